The summed E-state index contributed by atoms with van der Waals surface area (Å²) < 4.78 is 5.19. The minimum atomic E-state index is -0.860. The highest BCUT2D eigenvalue weighted by molar-refractivity contribution is 6.13. The number of anilines is 2. The highest BCUT2D eigenvalue weighted by Gasteiger charge is 2.23. The number of urea groups is 1. The predicted molar refractivity (Wildman–Crippen MR) is 126 cm³/mol. The summed E-state index contributed by atoms with van der Waals surface area (Å²) in [7, 11) is 1.53. The largest absolute Gasteiger partial charge is 0.444 e. The van der Waals surface area contributed by atoms with Crippen LogP contribution in [0.25, 0.3) is 0 Å². The number of ether oxygens (including phenoxy) is 1. The SMILES string of the molecule is CN(CCC(=O)N(C(N)=O)c1ccccc1)C(=O)OC(C)(C)C.NC(=O)c1ccccc1N. The Hall–Kier alpha value is -4.08. The second-order valence-corrected chi connectivity index (χ2v) is 8.01. The lowest BCUT2D eigenvalue weighted by Gasteiger charge is -2.25. The lowest BCUT2D eigenvalue weighted by molar-refractivity contribution is -0.118. The van der Waals surface area contributed by atoms with Gasteiger partial charge in [0.2, 0.25) is 5.91 Å². The van der Waals surface area contributed by atoms with E-state index in [1.165, 1.54) is 11.9 Å². The number of nitrogen functional groups attached to an aromatic ring is 1. The van der Waals surface area contributed by atoms with Crippen molar-refractivity contribution in [1.29, 1.82) is 0 Å². The number of rotatable bonds is 5. The van der Waals surface area contributed by atoms with Gasteiger partial charge in [0.05, 0.1) is 11.3 Å². The number of carbonyl (C=O) groups excluding carboxylic acids is 4. The number of primary amides is 2. The summed E-state index contributed by atoms with van der Waals surface area (Å²) in [5.41, 5.74) is 16.3. The standard InChI is InChI=1S/C16H23N3O4.C7H8N2O/c1-16(2,3)23-15(22)18(4)11-10-13(20)19(14(17)21)12-8-6-5-7-9-12;8-6-4-2-1-3-5(6)7(9)10/h5-9H,10-11H2,1-4H3,(H2,17,21);1-4H,8H2,(H2,9,10). The average Bonchev–Trinajstić information content (AvgIpc) is 2.72. The van der Waals surface area contributed by atoms with E-state index in [9.17, 15) is 19.2 Å². The molecule has 0 aliphatic rings. The summed E-state index contributed by atoms with van der Waals surface area (Å²) in [6.45, 7) is 5.39. The van der Waals surface area contributed by atoms with Crippen molar-refractivity contribution < 1.29 is 23.9 Å². The Bertz CT molecular complexity index is 973. The van der Waals surface area contributed by atoms with E-state index in [1.807, 2.05) is 0 Å². The van der Waals surface area contributed by atoms with Crippen LogP contribution in [0.5, 0.6) is 0 Å². The number of nitrogens with zero attached hydrogens (tertiary/aromatic N) is 2. The molecular formula is C23H31N5O5. The Kier molecular flexibility index (Phi) is 9.87. The van der Waals surface area contributed by atoms with Crippen LogP contribution in [0, 0.1) is 0 Å². The number of hydrogen-bond acceptors (Lipinski definition) is 6. The second kappa shape index (κ2) is 12.1. The minimum absolute atomic E-state index is 0.0480. The van der Waals surface area contributed by atoms with E-state index >= 15 is 0 Å². The molecule has 0 heterocycles. The molecule has 2 aromatic rings. The van der Waals surface area contributed by atoms with Gasteiger partial charge in [-0.05, 0) is 45.0 Å². The number of hydrogen-bond donors (Lipinski definition) is 3. The fourth-order valence-corrected chi connectivity index (χ4v) is 2.50. The molecule has 0 saturated heterocycles. The molecule has 33 heavy (non-hydrogen) atoms. The van der Waals surface area contributed by atoms with E-state index in [-0.39, 0.29) is 13.0 Å². The van der Waals surface area contributed by atoms with Crippen molar-refractivity contribution in [3.63, 3.8) is 0 Å². The van der Waals surface area contributed by atoms with Gasteiger partial charge in [0.15, 0.2) is 0 Å². The zero-order chi connectivity index (χ0) is 25.2. The Morgan fingerprint density at radius 3 is 1.91 bits per heavy atom. The van der Waals surface area contributed by atoms with Crippen LogP contribution in [0.3, 0.4) is 0 Å². The predicted octanol–water partition coefficient (Wildman–Crippen LogP) is 2.72. The topological polar surface area (TPSA) is 162 Å². The zero-order valence-electron chi connectivity index (χ0n) is 19.3. The summed E-state index contributed by atoms with van der Waals surface area (Å²) in [6.07, 6.45) is -0.580. The van der Waals surface area contributed by atoms with Gasteiger partial charge in [-0.2, -0.15) is 0 Å². The normalized spacial score (nSPS) is 10.3. The summed E-state index contributed by atoms with van der Waals surface area (Å²) >= 11 is 0. The first-order valence-electron chi connectivity index (χ1n) is 10.1. The van der Waals surface area contributed by atoms with Crippen LogP contribution in [0.15, 0.2) is 54.6 Å². The molecule has 0 aromatic heterocycles. The quantitative estimate of drug-likeness (QED) is 0.585. The van der Waals surface area contributed by atoms with Gasteiger partial charge in [0.1, 0.15) is 5.60 Å². The van der Waals surface area contributed by atoms with Crippen LogP contribution >= 0.6 is 0 Å². The first kappa shape index (κ1) is 27.0. The van der Waals surface area contributed by atoms with Crippen molar-refractivity contribution in [1.82, 2.24) is 4.90 Å². The van der Waals surface area contributed by atoms with Crippen LogP contribution in [-0.2, 0) is 9.53 Å². The highest BCUT2D eigenvalue weighted by Crippen LogP contribution is 2.15. The first-order chi connectivity index (χ1) is 15.3. The van der Waals surface area contributed by atoms with Crippen molar-refractivity contribution in [3.05, 3.63) is 60.2 Å². The second-order valence-electron chi connectivity index (χ2n) is 8.01. The highest BCUT2D eigenvalue weighted by atomic mass is 16.6. The maximum Gasteiger partial charge on any atom is 0.410 e. The third kappa shape index (κ3) is 9.30. The van der Waals surface area contributed by atoms with E-state index in [4.69, 9.17) is 21.9 Å². The summed E-state index contributed by atoms with van der Waals surface area (Å²) in [5.74, 6) is -0.975. The van der Waals surface area contributed by atoms with Gasteiger partial charge in [-0.1, -0.05) is 30.3 Å². The number of nitrogens with two attached hydrogens (primary N) is 3. The van der Waals surface area contributed by atoms with E-state index in [0.717, 1.165) is 4.90 Å². The van der Waals surface area contributed by atoms with Crippen molar-refractivity contribution >= 4 is 35.3 Å². The smallest absolute Gasteiger partial charge is 0.410 e. The molecule has 10 nitrogen and oxygen atoms in total. The molecule has 5 amide bonds. The molecule has 0 spiro atoms. The number of benzene rings is 2. The number of para-hydroxylation sites is 2. The number of amides is 5. The van der Waals surface area contributed by atoms with Crippen LogP contribution < -0.4 is 22.1 Å². The van der Waals surface area contributed by atoms with Crippen molar-refractivity contribution in [3.8, 4) is 0 Å². The maximum absolute atomic E-state index is 12.2. The van der Waals surface area contributed by atoms with E-state index in [2.05, 4.69) is 0 Å². The molecule has 6 N–H and O–H groups in total. The summed E-state index contributed by atoms with van der Waals surface area (Å²) in [5, 5.41) is 0. The molecule has 0 fully saturated rings. The van der Waals surface area contributed by atoms with E-state index in [0.29, 0.717) is 16.9 Å². The number of carbonyl (C=O) groups is 4. The maximum atomic E-state index is 12.2. The average molecular weight is 458 g/mol. The van der Waals surface area contributed by atoms with Crippen LogP contribution in [0.1, 0.15) is 37.6 Å². The van der Waals surface area contributed by atoms with E-state index in [1.54, 1.807) is 75.4 Å². The van der Waals surface area contributed by atoms with Gasteiger partial charge in [0, 0.05) is 25.7 Å². The lowest BCUT2D eigenvalue weighted by Crippen LogP contribution is -2.43. The lowest BCUT2D eigenvalue weighted by atomic mass is 10.2. The first-order valence-corrected chi connectivity index (χ1v) is 10.1. The molecular weight excluding hydrogens is 426 g/mol. The van der Waals surface area contributed by atoms with Gasteiger partial charge >= 0.3 is 12.1 Å². The molecule has 178 valence electrons. The fraction of sp³-hybridized carbons (Fsp3) is 0.304. The molecule has 0 saturated carbocycles. The molecule has 2 aromatic carbocycles. The zero-order valence-corrected chi connectivity index (χ0v) is 19.3. The van der Waals surface area contributed by atoms with Gasteiger partial charge in [-0.15, -0.1) is 0 Å². The van der Waals surface area contributed by atoms with Gasteiger partial charge in [0.25, 0.3) is 5.91 Å². The van der Waals surface area contributed by atoms with Crippen molar-refractivity contribution in [2.75, 3.05) is 24.2 Å². The van der Waals surface area contributed by atoms with Crippen LogP contribution in [0.2, 0.25) is 0 Å². The Balaban J connectivity index is 0.000000451. The molecule has 0 unspecified atom stereocenters. The fourth-order valence-electron chi connectivity index (χ4n) is 2.50. The molecule has 10 heteroatoms. The molecule has 0 aliphatic carbocycles. The Labute approximate surface area is 193 Å². The molecule has 2 rings (SSSR count). The summed E-state index contributed by atoms with van der Waals surface area (Å²) in [6, 6.07) is 14.2. The molecule has 0 atom stereocenters. The van der Waals surface area contributed by atoms with Crippen molar-refractivity contribution in [2.24, 2.45) is 11.5 Å². The Morgan fingerprint density at radius 2 is 1.45 bits per heavy atom. The third-order valence-electron chi connectivity index (χ3n) is 4.08. The van der Waals surface area contributed by atoms with Gasteiger partial charge in [-0.25, -0.2) is 14.5 Å². The Morgan fingerprint density at radius 1 is 0.909 bits per heavy atom. The molecule has 0 aliphatic heterocycles. The van der Waals surface area contributed by atoms with Crippen LogP contribution in [0.4, 0.5) is 21.0 Å². The molecule has 0 bridgehead atoms. The van der Waals surface area contributed by atoms with Gasteiger partial charge < -0.3 is 26.8 Å². The molecule has 0 radical (unpaired) electrons. The van der Waals surface area contributed by atoms with Crippen LogP contribution in [-0.4, -0.2) is 48.0 Å². The number of imide groups is 1. The summed E-state index contributed by atoms with van der Waals surface area (Å²) in [4.78, 5) is 48.3. The minimum Gasteiger partial charge on any atom is -0.444 e. The van der Waals surface area contributed by atoms with Crippen molar-refractivity contribution in [2.45, 2.75) is 32.8 Å². The monoisotopic (exact) mass is 457 g/mol. The van der Waals surface area contributed by atoms with Gasteiger partial charge in [-0.3, -0.25) is 9.59 Å². The van der Waals surface area contributed by atoms with E-state index < -0.39 is 29.5 Å². The third-order valence-corrected chi connectivity index (χ3v) is 4.08.